The fourth-order valence-corrected chi connectivity index (χ4v) is 1.27. The molecule has 0 aliphatic carbocycles. The van der Waals surface area contributed by atoms with Crippen molar-refractivity contribution in [2.45, 2.75) is 0 Å². The number of hydrogen-bond acceptors (Lipinski definition) is 3. The number of nitrogens with one attached hydrogen (secondary N) is 1. The molecule has 0 atom stereocenters. The van der Waals surface area contributed by atoms with Crippen molar-refractivity contribution in [2.75, 3.05) is 0 Å². The number of hydrogen-bond donors (Lipinski definition) is 1. The van der Waals surface area contributed by atoms with Crippen molar-refractivity contribution >= 4 is 11.2 Å². The molecule has 7 nitrogen and oxygen atoms in total. The van der Waals surface area contributed by atoms with Gasteiger partial charge in [-0.3, -0.25) is 13.9 Å². The van der Waals surface area contributed by atoms with Gasteiger partial charge in [-0.15, -0.1) is 0 Å². The third-order valence-corrected chi connectivity index (χ3v) is 2.03. The average molecular weight is 222 g/mol. The van der Waals surface area contributed by atoms with Crippen molar-refractivity contribution in [1.82, 2.24) is 19.1 Å². The van der Waals surface area contributed by atoms with E-state index in [2.05, 4.69) is 9.97 Å². The summed E-state index contributed by atoms with van der Waals surface area (Å²) in [7, 11) is 3.01. The zero-order valence-corrected chi connectivity index (χ0v) is 10.7. The average Bonchev–Trinajstić information content (AvgIpc) is 2.59. The van der Waals surface area contributed by atoms with Crippen LogP contribution in [0.5, 0.6) is 0 Å². The largest absolute Gasteiger partial charge is 1.00 e. The van der Waals surface area contributed by atoms with E-state index in [0.717, 1.165) is 4.57 Å². The van der Waals surface area contributed by atoms with Gasteiger partial charge < -0.3 is 11.9 Å². The maximum absolute atomic E-state index is 11.4. The number of aromatic nitrogens is 4. The molecule has 15 heavy (non-hydrogen) atoms. The van der Waals surface area contributed by atoms with Gasteiger partial charge >= 0.3 is 35.2 Å². The van der Waals surface area contributed by atoms with Crippen LogP contribution in [0.2, 0.25) is 0 Å². The molecular formula is C7H11N4NaO3. The van der Waals surface area contributed by atoms with Crippen LogP contribution in [0.25, 0.3) is 11.2 Å². The van der Waals surface area contributed by atoms with E-state index in [1.807, 2.05) is 0 Å². The van der Waals surface area contributed by atoms with Crippen LogP contribution < -0.4 is 40.8 Å². The van der Waals surface area contributed by atoms with Crippen LogP contribution in [0.1, 0.15) is 1.43 Å². The quantitative estimate of drug-likeness (QED) is 0.452. The smallest absolute Gasteiger partial charge is 1.00 e. The fourth-order valence-electron chi connectivity index (χ4n) is 1.27. The minimum atomic E-state index is -0.371. The van der Waals surface area contributed by atoms with E-state index in [4.69, 9.17) is 0 Å². The van der Waals surface area contributed by atoms with Gasteiger partial charge in [-0.2, -0.15) is 0 Å². The maximum atomic E-state index is 11.4. The van der Waals surface area contributed by atoms with E-state index in [-0.39, 0.29) is 47.7 Å². The van der Waals surface area contributed by atoms with Crippen LogP contribution in [0, 0.1) is 0 Å². The molecule has 0 aliphatic rings. The molecule has 0 saturated carbocycles. The van der Waals surface area contributed by atoms with Gasteiger partial charge in [-0.25, -0.2) is 9.78 Å². The first kappa shape index (κ1) is 14.1. The van der Waals surface area contributed by atoms with Gasteiger partial charge in [0.1, 0.15) is 5.52 Å². The van der Waals surface area contributed by atoms with Gasteiger partial charge in [0.15, 0.2) is 5.65 Å². The first-order valence-corrected chi connectivity index (χ1v) is 3.72. The van der Waals surface area contributed by atoms with Crippen LogP contribution in [0.4, 0.5) is 0 Å². The zero-order chi connectivity index (χ0) is 9.59. The summed E-state index contributed by atoms with van der Waals surface area (Å²) in [6.07, 6.45) is 1.39. The second-order valence-electron chi connectivity index (χ2n) is 2.81. The van der Waals surface area contributed by atoms with Gasteiger partial charge in [-0.05, 0) is 0 Å². The molecule has 0 spiro atoms. The summed E-state index contributed by atoms with van der Waals surface area (Å²) in [6, 6.07) is 0. The Bertz CT molecular complexity index is 587. The van der Waals surface area contributed by atoms with E-state index < -0.39 is 0 Å². The van der Waals surface area contributed by atoms with Crippen molar-refractivity contribution in [1.29, 1.82) is 0 Å². The van der Waals surface area contributed by atoms with Crippen LogP contribution in [-0.4, -0.2) is 24.6 Å². The molecule has 0 saturated heterocycles. The summed E-state index contributed by atoms with van der Waals surface area (Å²) in [5, 5.41) is 0. The molecule has 78 valence electrons. The van der Waals surface area contributed by atoms with E-state index in [1.54, 1.807) is 7.05 Å². The first-order valence-electron chi connectivity index (χ1n) is 3.72. The normalized spacial score (nSPS) is 9.47. The Balaban J connectivity index is 0. The second-order valence-corrected chi connectivity index (χ2v) is 2.81. The molecule has 2 aromatic heterocycles. The Morgan fingerprint density at radius 2 is 1.93 bits per heavy atom. The molecular weight excluding hydrogens is 211 g/mol. The maximum Gasteiger partial charge on any atom is 1.00 e. The monoisotopic (exact) mass is 222 g/mol. The van der Waals surface area contributed by atoms with Gasteiger partial charge in [0.25, 0.3) is 5.56 Å². The third kappa shape index (κ3) is 1.91. The van der Waals surface area contributed by atoms with Crippen molar-refractivity contribution in [3.05, 3.63) is 27.2 Å². The van der Waals surface area contributed by atoms with Crippen LogP contribution in [-0.2, 0) is 14.1 Å². The standard InChI is InChI=1S/C7H8N4O2.Na.H2O.H/c1-10-5-4(8-3-9-5)6(12)11(2)7(10)13;;;/h3H,1-2H3,(H,8,9);;1H2;/q;+1;;-1. The van der Waals surface area contributed by atoms with Crippen LogP contribution in [0.15, 0.2) is 15.9 Å². The van der Waals surface area contributed by atoms with E-state index in [1.165, 1.54) is 17.9 Å². The van der Waals surface area contributed by atoms with E-state index in [9.17, 15) is 9.59 Å². The Morgan fingerprint density at radius 1 is 1.33 bits per heavy atom. The fraction of sp³-hybridized carbons (Fsp3) is 0.286. The predicted octanol–water partition coefficient (Wildman–Crippen LogP) is -4.75. The molecule has 0 radical (unpaired) electrons. The topological polar surface area (TPSA) is 104 Å². The summed E-state index contributed by atoms with van der Waals surface area (Å²) in [5.41, 5.74) is 0.0119. The van der Waals surface area contributed by atoms with Crippen molar-refractivity contribution in [3.63, 3.8) is 0 Å². The summed E-state index contributed by atoms with van der Waals surface area (Å²) < 4.78 is 2.37. The molecule has 0 aromatic carbocycles. The molecule has 0 aliphatic heterocycles. The zero-order valence-electron chi connectivity index (χ0n) is 9.74. The van der Waals surface area contributed by atoms with Crippen molar-refractivity contribution < 1.29 is 36.5 Å². The van der Waals surface area contributed by atoms with Gasteiger partial charge in [0.2, 0.25) is 0 Å². The van der Waals surface area contributed by atoms with Crippen molar-refractivity contribution in [2.24, 2.45) is 14.1 Å². The molecule has 0 unspecified atom stereocenters. The number of rotatable bonds is 0. The molecule has 2 rings (SSSR count). The Morgan fingerprint density at radius 3 is 2.53 bits per heavy atom. The SMILES string of the molecule is Cn1c(=O)c2[nH]cnc2n(C)c1=O.O.[H-].[Na+]. The minimum Gasteiger partial charge on any atom is -1.00 e. The Hall–Kier alpha value is -0.890. The van der Waals surface area contributed by atoms with E-state index in [0.29, 0.717) is 11.2 Å². The van der Waals surface area contributed by atoms with E-state index >= 15 is 0 Å². The Labute approximate surface area is 108 Å². The van der Waals surface area contributed by atoms with Crippen molar-refractivity contribution in [3.8, 4) is 0 Å². The second kappa shape index (κ2) is 4.75. The molecule has 0 fully saturated rings. The molecule has 2 aromatic rings. The number of aromatic amines is 1. The van der Waals surface area contributed by atoms with Gasteiger partial charge in [0.05, 0.1) is 6.33 Å². The van der Waals surface area contributed by atoms with Gasteiger partial charge in [0, 0.05) is 14.1 Å². The summed E-state index contributed by atoms with van der Waals surface area (Å²) in [4.78, 5) is 29.4. The number of H-pyrrole nitrogens is 1. The molecule has 3 N–H and O–H groups in total. The minimum absolute atomic E-state index is 0. The summed E-state index contributed by atoms with van der Waals surface area (Å²) in [6.45, 7) is 0. The van der Waals surface area contributed by atoms with Crippen LogP contribution in [0.3, 0.4) is 0 Å². The van der Waals surface area contributed by atoms with Crippen LogP contribution >= 0.6 is 0 Å². The number of nitrogens with zero attached hydrogens (tertiary/aromatic N) is 3. The summed E-state index contributed by atoms with van der Waals surface area (Å²) in [5.74, 6) is 0. The molecule has 8 heteroatoms. The number of aryl methyl sites for hydroxylation is 1. The van der Waals surface area contributed by atoms with Gasteiger partial charge in [-0.1, -0.05) is 0 Å². The molecule has 0 amide bonds. The first-order chi connectivity index (χ1) is 6.13. The predicted molar refractivity (Wildman–Crippen MR) is 51.3 cm³/mol. The molecule has 0 bridgehead atoms. The summed E-state index contributed by atoms with van der Waals surface area (Å²) >= 11 is 0. The third-order valence-electron chi connectivity index (χ3n) is 2.03. The Kier molecular flexibility index (Phi) is 4.47. The number of fused-ring (bicyclic) bond motifs is 1. The molecule has 2 heterocycles. The number of imidazole rings is 1.